The smallest absolute Gasteiger partial charge is 0.269 e. The van der Waals surface area contributed by atoms with Crippen molar-refractivity contribution in [2.75, 3.05) is 5.32 Å². The highest BCUT2D eigenvalue weighted by molar-refractivity contribution is 7.19. The maximum Gasteiger partial charge on any atom is 0.269 e. The molecule has 2 atom stereocenters. The SMILES string of the molecule is C[C@@H](c1ccccc1)c1cc2nc(N[C@@H](C)c3ccccc3)nc(C(N)=O)c2s1. The molecule has 2 aromatic carbocycles. The number of anilines is 1. The van der Waals surface area contributed by atoms with Crippen molar-refractivity contribution in [3.8, 4) is 0 Å². The molecule has 2 aromatic heterocycles. The number of nitrogens with one attached hydrogen (secondary N) is 1. The van der Waals surface area contributed by atoms with Crippen molar-refractivity contribution in [3.05, 3.63) is 88.4 Å². The maximum atomic E-state index is 12.1. The second-order valence-corrected chi connectivity index (χ2v) is 8.12. The number of thiophene rings is 1. The number of hydrogen-bond donors (Lipinski definition) is 2. The van der Waals surface area contributed by atoms with Gasteiger partial charge in [-0.05, 0) is 24.1 Å². The predicted molar refractivity (Wildman–Crippen MR) is 118 cm³/mol. The number of nitrogens with two attached hydrogens (primary N) is 1. The van der Waals surface area contributed by atoms with Crippen molar-refractivity contribution >= 4 is 33.4 Å². The highest BCUT2D eigenvalue weighted by atomic mass is 32.1. The summed E-state index contributed by atoms with van der Waals surface area (Å²) < 4.78 is 0.730. The van der Waals surface area contributed by atoms with E-state index in [1.165, 1.54) is 16.9 Å². The summed E-state index contributed by atoms with van der Waals surface area (Å²) >= 11 is 1.53. The Hall–Kier alpha value is -3.25. The van der Waals surface area contributed by atoms with Crippen LogP contribution in [-0.2, 0) is 0 Å². The number of carbonyl (C=O) groups is 1. The first kappa shape index (κ1) is 19.1. The Balaban J connectivity index is 1.72. The first-order valence-corrected chi connectivity index (χ1v) is 10.3. The molecule has 0 radical (unpaired) electrons. The Morgan fingerprint density at radius 1 is 0.966 bits per heavy atom. The molecule has 6 heteroatoms. The highest BCUT2D eigenvalue weighted by Gasteiger charge is 2.19. The van der Waals surface area contributed by atoms with Gasteiger partial charge >= 0.3 is 0 Å². The van der Waals surface area contributed by atoms with Crippen LogP contribution in [0.4, 0.5) is 5.95 Å². The number of fused-ring (bicyclic) bond motifs is 1. The molecule has 4 rings (SSSR count). The number of aromatic nitrogens is 2. The van der Waals surface area contributed by atoms with Gasteiger partial charge in [-0.1, -0.05) is 67.6 Å². The minimum absolute atomic E-state index is 0.00396. The van der Waals surface area contributed by atoms with Crippen LogP contribution in [0.25, 0.3) is 10.2 Å². The van der Waals surface area contributed by atoms with Crippen molar-refractivity contribution in [2.24, 2.45) is 5.73 Å². The molecule has 0 saturated carbocycles. The van der Waals surface area contributed by atoms with Gasteiger partial charge in [0.05, 0.1) is 16.3 Å². The Kier molecular flexibility index (Phi) is 5.27. The van der Waals surface area contributed by atoms with Gasteiger partial charge in [-0.3, -0.25) is 4.79 Å². The van der Waals surface area contributed by atoms with E-state index in [0.29, 0.717) is 5.95 Å². The number of primary amides is 1. The van der Waals surface area contributed by atoms with Crippen LogP contribution in [0.5, 0.6) is 0 Å². The molecule has 0 saturated heterocycles. The minimum Gasteiger partial charge on any atom is -0.364 e. The summed E-state index contributed by atoms with van der Waals surface area (Å²) in [4.78, 5) is 22.3. The van der Waals surface area contributed by atoms with Crippen molar-refractivity contribution in [1.29, 1.82) is 0 Å². The number of amides is 1. The number of hydrogen-bond acceptors (Lipinski definition) is 5. The van der Waals surface area contributed by atoms with Crippen LogP contribution in [0.1, 0.15) is 52.3 Å². The highest BCUT2D eigenvalue weighted by Crippen LogP contribution is 2.35. The van der Waals surface area contributed by atoms with Gasteiger partial charge in [0.25, 0.3) is 5.91 Å². The zero-order valence-corrected chi connectivity index (χ0v) is 17.1. The summed E-state index contributed by atoms with van der Waals surface area (Å²) in [6.45, 7) is 4.18. The van der Waals surface area contributed by atoms with Gasteiger partial charge in [0.2, 0.25) is 5.95 Å². The fourth-order valence-electron chi connectivity index (χ4n) is 3.32. The molecule has 29 heavy (non-hydrogen) atoms. The summed E-state index contributed by atoms with van der Waals surface area (Å²) in [5.74, 6) is 0.0451. The van der Waals surface area contributed by atoms with Gasteiger partial charge in [-0.15, -0.1) is 11.3 Å². The number of nitrogens with zero attached hydrogens (tertiary/aromatic N) is 2. The summed E-state index contributed by atoms with van der Waals surface area (Å²) in [5.41, 5.74) is 8.95. The van der Waals surface area contributed by atoms with Gasteiger partial charge in [-0.2, -0.15) is 0 Å². The summed E-state index contributed by atoms with van der Waals surface area (Å²) in [7, 11) is 0. The Morgan fingerprint density at radius 3 is 2.21 bits per heavy atom. The van der Waals surface area contributed by atoms with E-state index in [9.17, 15) is 4.79 Å². The second kappa shape index (κ2) is 8.01. The second-order valence-electron chi connectivity index (χ2n) is 7.03. The molecule has 146 valence electrons. The van der Waals surface area contributed by atoms with Crippen LogP contribution in [0, 0.1) is 0 Å². The molecular weight excluding hydrogens is 380 g/mol. The van der Waals surface area contributed by atoms with E-state index in [2.05, 4.69) is 34.3 Å². The summed E-state index contributed by atoms with van der Waals surface area (Å²) in [6.07, 6.45) is 0. The predicted octanol–water partition coefficient (Wildman–Crippen LogP) is 5.12. The molecule has 0 unspecified atom stereocenters. The van der Waals surface area contributed by atoms with Crippen LogP contribution in [0.3, 0.4) is 0 Å². The Bertz CT molecular complexity index is 1140. The summed E-state index contributed by atoms with van der Waals surface area (Å²) in [6, 6.07) is 22.3. The van der Waals surface area contributed by atoms with Crippen LogP contribution in [0.15, 0.2) is 66.7 Å². The molecule has 2 heterocycles. The topological polar surface area (TPSA) is 80.9 Å². The average Bonchev–Trinajstić information content (AvgIpc) is 3.17. The first-order chi connectivity index (χ1) is 14.0. The number of benzene rings is 2. The van der Waals surface area contributed by atoms with Crippen LogP contribution in [0.2, 0.25) is 0 Å². The molecule has 0 aliphatic heterocycles. The molecule has 1 amide bonds. The fourth-order valence-corrected chi connectivity index (χ4v) is 4.49. The zero-order valence-electron chi connectivity index (χ0n) is 16.3. The van der Waals surface area contributed by atoms with Gasteiger partial charge < -0.3 is 11.1 Å². The van der Waals surface area contributed by atoms with Crippen LogP contribution >= 0.6 is 11.3 Å². The van der Waals surface area contributed by atoms with Crippen LogP contribution in [-0.4, -0.2) is 15.9 Å². The first-order valence-electron chi connectivity index (χ1n) is 9.50. The number of carbonyl (C=O) groups excluding carboxylic acids is 1. The van der Waals surface area contributed by atoms with E-state index in [-0.39, 0.29) is 17.7 Å². The van der Waals surface area contributed by atoms with E-state index in [4.69, 9.17) is 5.73 Å². The van der Waals surface area contributed by atoms with Crippen molar-refractivity contribution in [3.63, 3.8) is 0 Å². The largest absolute Gasteiger partial charge is 0.364 e. The van der Waals surface area contributed by atoms with E-state index in [1.807, 2.05) is 61.5 Å². The molecule has 0 spiro atoms. The quantitative estimate of drug-likeness (QED) is 0.469. The van der Waals surface area contributed by atoms with Crippen LogP contribution < -0.4 is 11.1 Å². The van der Waals surface area contributed by atoms with Gasteiger partial charge in [-0.25, -0.2) is 9.97 Å². The third-order valence-corrected chi connectivity index (χ3v) is 6.31. The lowest BCUT2D eigenvalue weighted by molar-refractivity contribution is 0.0997. The normalized spacial score (nSPS) is 13.2. The summed E-state index contributed by atoms with van der Waals surface area (Å²) in [5, 5.41) is 3.29. The molecule has 3 N–H and O–H groups in total. The monoisotopic (exact) mass is 402 g/mol. The van der Waals surface area contributed by atoms with Crippen molar-refractivity contribution in [2.45, 2.75) is 25.8 Å². The lowest BCUT2D eigenvalue weighted by Gasteiger charge is -2.14. The molecule has 0 bridgehead atoms. The fraction of sp³-hybridized carbons (Fsp3) is 0.174. The van der Waals surface area contributed by atoms with E-state index in [1.54, 1.807) is 0 Å². The van der Waals surface area contributed by atoms with Gasteiger partial charge in [0.1, 0.15) is 0 Å². The zero-order chi connectivity index (χ0) is 20.4. The molecule has 0 fully saturated rings. The third-order valence-electron chi connectivity index (χ3n) is 5.00. The Morgan fingerprint density at radius 2 is 1.59 bits per heavy atom. The molecule has 4 aromatic rings. The van der Waals surface area contributed by atoms with Crippen molar-refractivity contribution in [1.82, 2.24) is 9.97 Å². The van der Waals surface area contributed by atoms with E-state index >= 15 is 0 Å². The average molecular weight is 403 g/mol. The number of rotatable bonds is 6. The minimum atomic E-state index is -0.548. The lowest BCUT2D eigenvalue weighted by atomic mass is 10.00. The van der Waals surface area contributed by atoms with Crippen molar-refractivity contribution < 1.29 is 4.79 Å². The lowest BCUT2D eigenvalue weighted by Crippen LogP contribution is -2.16. The van der Waals surface area contributed by atoms with E-state index < -0.39 is 5.91 Å². The molecule has 0 aliphatic rings. The van der Waals surface area contributed by atoms with Gasteiger partial charge in [0, 0.05) is 10.8 Å². The third kappa shape index (κ3) is 3.98. The standard InChI is InChI=1S/C23H22N4OS/c1-14(16-9-5-3-6-10-16)19-13-18-21(29-19)20(22(24)28)27-23(26-18)25-15(2)17-11-7-4-8-12-17/h3-15H,1-2H3,(H2,24,28)(H,25,26,27)/t14-,15-/m0/s1. The van der Waals surface area contributed by atoms with Gasteiger partial charge in [0.15, 0.2) is 5.69 Å². The molecule has 0 aliphatic carbocycles. The molecular formula is C23H22N4OS. The Labute approximate surface area is 173 Å². The maximum absolute atomic E-state index is 12.1. The van der Waals surface area contributed by atoms with E-state index in [0.717, 1.165) is 20.7 Å². The molecule has 5 nitrogen and oxygen atoms in total.